The SMILES string of the molecule is C=CCN(CC=C)C(=O)CN1C(=O)NC2(CCC(C)CC2)C1=O. The van der Waals surface area contributed by atoms with E-state index in [2.05, 4.69) is 25.4 Å². The minimum Gasteiger partial charge on any atom is -0.334 e. The van der Waals surface area contributed by atoms with Gasteiger partial charge in [0.1, 0.15) is 12.1 Å². The number of urea groups is 1. The van der Waals surface area contributed by atoms with Gasteiger partial charge in [-0.25, -0.2) is 4.79 Å². The fraction of sp³-hybridized carbons (Fsp3) is 0.588. The van der Waals surface area contributed by atoms with E-state index in [4.69, 9.17) is 0 Å². The number of nitrogens with zero attached hydrogens (tertiary/aromatic N) is 2. The molecule has 6 heteroatoms. The summed E-state index contributed by atoms with van der Waals surface area (Å²) in [6.45, 7) is 9.86. The van der Waals surface area contributed by atoms with Gasteiger partial charge in [-0.3, -0.25) is 14.5 Å². The Morgan fingerprint density at radius 1 is 1.30 bits per heavy atom. The number of rotatable bonds is 6. The van der Waals surface area contributed by atoms with Gasteiger partial charge < -0.3 is 10.2 Å². The van der Waals surface area contributed by atoms with Crippen LogP contribution in [0.15, 0.2) is 25.3 Å². The summed E-state index contributed by atoms with van der Waals surface area (Å²) in [4.78, 5) is 39.8. The normalized spacial score (nSPS) is 27.0. The largest absolute Gasteiger partial charge is 0.334 e. The lowest BCUT2D eigenvalue weighted by Gasteiger charge is -2.33. The van der Waals surface area contributed by atoms with Crippen molar-refractivity contribution in [1.82, 2.24) is 15.1 Å². The van der Waals surface area contributed by atoms with Crippen molar-refractivity contribution in [2.45, 2.75) is 38.1 Å². The van der Waals surface area contributed by atoms with Gasteiger partial charge in [-0.15, -0.1) is 13.2 Å². The molecule has 0 aromatic heterocycles. The molecular weight excluding hydrogens is 294 g/mol. The molecule has 0 aromatic rings. The molecule has 1 saturated carbocycles. The Balaban J connectivity index is 2.06. The molecule has 1 aliphatic heterocycles. The zero-order valence-corrected chi connectivity index (χ0v) is 13.7. The Morgan fingerprint density at radius 3 is 2.39 bits per heavy atom. The second-order valence-electron chi connectivity index (χ2n) is 6.46. The standard InChI is InChI=1S/C17H25N3O3/c1-4-10-19(11-5-2)14(21)12-20-15(22)17(18-16(20)23)8-6-13(3)7-9-17/h4-5,13H,1-2,6-12H2,3H3,(H,18,23). The average molecular weight is 319 g/mol. The Kier molecular flexibility index (Phi) is 5.23. The van der Waals surface area contributed by atoms with Crippen LogP contribution in [0.25, 0.3) is 0 Å². The van der Waals surface area contributed by atoms with Crippen molar-refractivity contribution in [3.8, 4) is 0 Å². The van der Waals surface area contributed by atoms with E-state index in [0.717, 1.165) is 17.7 Å². The van der Waals surface area contributed by atoms with Crippen LogP contribution < -0.4 is 5.32 Å². The maximum atomic E-state index is 12.7. The van der Waals surface area contributed by atoms with Crippen LogP contribution in [0.1, 0.15) is 32.6 Å². The van der Waals surface area contributed by atoms with Crippen LogP contribution in [-0.4, -0.2) is 52.8 Å². The van der Waals surface area contributed by atoms with E-state index in [1.54, 1.807) is 12.2 Å². The molecule has 4 amide bonds. The van der Waals surface area contributed by atoms with Crippen LogP contribution in [0, 0.1) is 5.92 Å². The molecule has 1 aliphatic carbocycles. The van der Waals surface area contributed by atoms with Crippen molar-refractivity contribution in [3.63, 3.8) is 0 Å². The molecule has 1 saturated heterocycles. The molecule has 6 nitrogen and oxygen atoms in total. The highest BCUT2D eigenvalue weighted by molar-refractivity contribution is 6.09. The summed E-state index contributed by atoms with van der Waals surface area (Å²) in [7, 11) is 0. The molecule has 1 spiro atoms. The highest BCUT2D eigenvalue weighted by Crippen LogP contribution is 2.36. The summed E-state index contributed by atoms with van der Waals surface area (Å²) in [5, 5.41) is 2.82. The highest BCUT2D eigenvalue weighted by atomic mass is 16.2. The van der Waals surface area contributed by atoms with Gasteiger partial charge in [0.15, 0.2) is 0 Å². The van der Waals surface area contributed by atoms with Gasteiger partial charge in [0.2, 0.25) is 5.91 Å². The van der Waals surface area contributed by atoms with Crippen molar-refractivity contribution in [3.05, 3.63) is 25.3 Å². The van der Waals surface area contributed by atoms with Crippen molar-refractivity contribution < 1.29 is 14.4 Å². The molecule has 2 aliphatic rings. The molecule has 23 heavy (non-hydrogen) atoms. The van der Waals surface area contributed by atoms with Crippen molar-refractivity contribution in [2.75, 3.05) is 19.6 Å². The first kappa shape index (κ1) is 17.2. The van der Waals surface area contributed by atoms with Gasteiger partial charge in [-0.2, -0.15) is 0 Å². The first-order valence-electron chi connectivity index (χ1n) is 8.07. The molecule has 0 aromatic carbocycles. The van der Waals surface area contributed by atoms with E-state index in [1.807, 2.05) is 0 Å². The van der Waals surface area contributed by atoms with Gasteiger partial charge in [-0.1, -0.05) is 19.1 Å². The van der Waals surface area contributed by atoms with Crippen LogP contribution in [-0.2, 0) is 9.59 Å². The lowest BCUT2D eigenvalue weighted by molar-refractivity contribution is -0.139. The Hall–Kier alpha value is -2.11. The molecule has 0 unspecified atom stereocenters. The zero-order valence-electron chi connectivity index (χ0n) is 13.7. The van der Waals surface area contributed by atoms with E-state index < -0.39 is 11.6 Å². The van der Waals surface area contributed by atoms with Gasteiger partial charge in [0.25, 0.3) is 5.91 Å². The quantitative estimate of drug-likeness (QED) is 0.598. The molecule has 0 atom stereocenters. The summed E-state index contributed by atoms with van der Waals surface area (Å²) in [6, 6.07) is -0.463. The van der Waals surface area contributed by atoms with Crippen molar-refractivity contribution in [2.24, 2.45) is 5.92 Å². The summed E-state index contributed by atoms with van der Waals surface area (Å²) < 4.78 is 0. The number of carbonyl (C=O) groups excluding carboxylic acids is 3. The number of amides is 4. The Labute approximate surface area is 137 Å². The van der Waals surface area contributed by atoms with Crippen LogP contribution in [0.2, 0.25) is 0 Å². The smallest absolute Gasteiger partial charge is 0.325 e. The van der Waals surface area contributed by atoms with Crippen LogP contribution in [0.3, 0.4) is 0 Å². The van der Waals surface area contributed by atoms with Gasteiger partial charge in [-0.05, 0) is 31.6 Å². The second-order valence-corrected chi connectivity index (χ2v) is 6.46. The third-order valence-electron chi connectivity index (χ3n) is 4.72. The number of nitrogens with one attached hydrogen (secondary N) is 1. The number of hydrogen-bond donors (Lipinski definition) is 1. The Morgan fingerprint density at radius 2 is 1.87 bits per heavy atom. The van der Waals surface area contributed by atoms with Crippen molar-refractivity contribution >= 4 is 17.8 Å². The van der Waals surface area contributed by atoms with E-state index in [0.29, 0.717) is 31.8 Å². The second kappa shape index (κ2) is 6.98. The molecule has 126 valence electrons. The predicted molar refractivity (Wildman–Crippen MR) is 87.6 cm³/mol. The molecule has 2 rings (SSSR count). The number of carbonyl (C=O) groups is 3. The van der Waals surface area contributed by atoms with Crippen LogP contribution in [0.4, 0.5) is 4.79 Å². The fourth-order valence-corrected chi connectivity index (χ4v) is 3.24. The maximum absolute atomic E-state index is 12.7. The molecular formula is C17H25N3O3. The van der Waals surface area contributed by atoms with E-state index in [-0.39, 0.29) is 18.4 Å². The molecule has 0 radical (unpaired) electrons. The minimum atomic E-state index is -0.800. The van der Waals surface area contributed by atoms with Crippen LogP contribution >= 0.6 is 0 Å². The average Bonchev–Trinajstić information content (AvgIpc) is 2.74. The summed E-state index contributed by atoms with van der Waals surface area (Å²) >= 11 is 0. The topological polar surface area (TPSA) is 69.7 Å². The monoisotopic (exact) mass is 319 g/mol. The van der Waals surface area contributed by atoms with E-state index in [1.165, 1.54) is 4.90 Å². The van der Waals surface area contributed by atoms with Gasteiger partial charge in [0.05, 0.1) is 0 Å². The third kappa shape index (κ3) is 3.46. The van der Waals surface area contributed by atoms with Crippen molar-refractivity contribution in [1.29, 1.82) is 0 Å². The minimum absolute atomic E-state index is 0.232. The fourth-order valence-electron chi connectivity index (χ4n) is 3.24. The molecule has 0 bridgehead atoms. The first-order valence-corrected chi connectivity index (χ1v) is 8.07. The Bertz CT molecular complexity index is 511. The highest BCUT2D eigenvalue weighted by Gasteiger charge is 2.52. The lowest BCUT2D eigenvalue weighted by Crippen LogP contribution is -2.50. The van der Waals surface area contributed by atoms with E-state index >= 15 is 0 Å². The molecule has 2 fully saturated rings. The van der Waals surface area contributed by atoms with Gasteiger partial charge >= 0.3 is 6.03 Å². The summed E-state index contributed by atoms with van der Waals surface area (Å²) in [5.41, 5.74) is -0.800. The van der Waals surface area contributed by atoms with Gasteiger partial charge in [0, 0.05) is 13.1 Å². The zero-order chi connectivity index (χ0) is 17.0. The summed E-state index contributed by atoms with van der Waals surface area (Å²) in [6.07, 6.45) is 6.33. The predicted octanol–water partition coefficient (Wildman–Crippen LogP) is 1.69. The van der Waals surface area contributed by atoms with E-state index in [9.17, 15) is 14.4 Å². The van der Waals surface area contributed by atoms with Crippen LogP contribution in [0.5, 0.6) is 0 Å². The number of hydrogen-bond acceptors (Lipinski definition) is 3. The first-order chi connectivity index (χ1) is 10.9. The molecule has 1 heterocycles. The third-order valence-corrected chi connectivity index (χ3v) is 4.72. The summed E-state index contributed by atoms with van der Waals surface area (Å²) in [5.74, 6) is 0.0196. The lowest BCUT2D eigenvalue weighted by atomic mass is 9.77. The number of imide groups is 1. The molecule has 1 N–H and O–H groups in total. The maximum Gasteiger partial charge on any atom is 0.325 e.